The van der Waals surface area contributed by atoms with E-state index in [1.54, 1.807) is 0 Å². The van der Waals surface area contributed by atoms with Crippen molar-refractivity contribution in [3.63, 3.8) is 0 Å². The Morgan fingerprint density at radius 1 is 0.229 bits per heavy atom. The standard InChI is InChI=1S/C77H148O6/c1-4-7-10-13-16-19-22-25-28-31-33-35-36-37-38-39-40-41-42-44-46-49-52-55-58-61-64-67-70-76(79)82-73-74(72-81-75(78)69-66-63-60-57-54-51-48-45-30-27-24-21-18-15-12-9-6-3)83-77(80)71-68-65-62-59-56-53-50-47-43-34-32-29-26-23-20-17-14-11-8-5-2/h27,30,74H,4-26,28-29,31-73H2,1-3H3/b30-27-. The number of hydrogen-bond donors (Lipinski definition) is 0. The van der Waals surface area contributed by atoms with Crippen LogP contribution in [0, 0.1) is 0 Å². The van der Waals surface area contributed by atoms with Crippen molar-refractivity contribution in [2.45, 2.75) is 451 Å². The summed E-state index contributed by atoms with van der Waals surface area (Å²) in [6.07, 6.45) is 88.3. The lowest BCUT2D eigenvalue weighted by atomic mass is 10.0. The molecule has 1 unspecified atom stereocenters. The minimum Gasteiger partial charge on any atom is -0.462 e. The molecule has 0 spiro atoms. The predicted molar refractivity (Wildman–Crippen MR) is 363 cm³/mol. The second-order valence-corrected chi connectivity index (χ2v) is 26.3. The van der Waals surface area contributed by atoms with Gasteiger partial charge in [-0.05, 0) is 44.9 Å². The molecule has 0 saturated carbocycles. The lowest BCUT2D eigenvalue weighted by Gasteiger charge is -2.18. The van der Waals surface area contributed by atoms with Crippen molar-refractivity contribution in [3.05, 3.63) is 12.2 Å². The van der Waals surface area contributed by atoms with Crippen LogP contribution in [-0.2, 0) is 28.6 Å². The first-order valence-electron chi connectivity index (χ1n) is 38.2. The van der Waals surface area contributed by atoms with E-state index in [2.05, 4.69) is 32.9 Å². The summed E-state index contributed by atoms with van der Waals surface area (Å²) in [5.74, 6) is -0.828. The van der Waals surface area contributed by atoms with E-state index < -0.39 is 6.10 Å². The lowest BCUT2D eigenvalue weighted by Crippen LogP contribution is -2.30. The Morgan fingerprint density at radius 3 is 0.602 bits per heavy atom. The summed E-state index contributed by atoms with van der Waals surface area (Å²) in [7, 11) is 0. The van der Waals surface area contributed by atoms with Crippen LogP contribution in [0.25, 0.3) is 0 Å². The smallest absolute Gasteiger partial charge is 0.306 e. The average molecular weight is 1170 g/mol. The van der Waals surface area contributed by atoms with Crippen molar-refractivity contribution in [2.75, 3.05) is 13.2 Å². The summed E-state index contributed by atoms with van der Waals surface area (Å²) in [6.45, 7) is 6.74. The first-order chi connectivity index (χ1) is 41.0. The Labute approximate surface area is 520 Å². The number of ether oxygens (including phenoxy) is 3. The van der Waals surface area contributed by atoms with E-state index in [4.69, 9.17) is 14.2 Å². The van der Waals surface area contributed by atoms with Crippen LogP contribution in [0.2, 0.25) is 0 Å². The normalized spacial score (nSPS) is 12.0. The van der Waals surface area contributed by atoms with E-state index in [0.29, 0.717) is 19.3 Å². The molecule has 6 heteroatoms. The van der Waals surface area contributed by atoms with Crippen molar-refractivity contribution in [1.82, 2.24) is 0 Å². The molecule has 0 aliphatic rings. The summed E-state index contributed by atoms with van der Waals surface area (Å²) in [5.41, 5.74) is 0. The van der Waals surface area contributed by atoms with Crippen LogP contribution >= 0.6 is 0 Å². The molecule has 0 amide bonds. The number of esters is 3. The van der Waals surface area contributed by atoms with Gasteiger partial charge in [0.2, 0.25) is 0 Å². The Morgan fingerprint density at radius 2 is 0.398 bits per heavy atom. The molecule has 0 rings (SSSR count). The molecule has 0 fully saturated rings. The Hall–Kier alpha value is -1.85. The summed E-state index contributed by atoms with van der Waals surface area (Å²) in [4.78, 5) is 38.5. The highest BCUT2D eigenvalue weighted by molar-refractivity contribution is 5.71. The molecule has 6 nitrogen and oxygen atoms in total. The molecular formula is C77H148O6. The van der Waals surface area contributed by atoms with Crippen LogP contribution in [0.15, 0.2) is 12.2 Å². The minimum absolute atomic E-state index is 0.0639. The first kappa shape index (κ1) is 81.2. The van der Waals surface area contributed by atoms with Crippen molar-refractivity contribution in [1.29, 1.82) is 0 Å². The molecule has 0 heterocycles. The number of rotatable bonds is 72. The van der Waals surface area contributed by atoms with Crippen molar-refractivity contribution >= 4 is 17.9 Å². The van der Waals surface area contributed by atoms with E-state index >= 15 is 0 Å². The maximum Gasteiger partial charge on any atom is 0.306 e. The highest BCUT2D eigenvalue weighted by Gasteiger charge is 2.20. The average Bonchev–Trinajstić information content (AvgIpc) is 3.49. The molecule has 0 bridgehead atoms. The quantitative estimate of drug-likeness (QED) is 0.0261. The molecule has 0 aromatic carbocycles. The van der Waals surface area contributed by atoms with Gasteiger partial charge in [0.1, 0.15) is 13.2 Å². The molecule has 0 aliphatic carbocycles. The molecule has 0 aromatic rings. The maximum absolute atomic E-state index is 13.0. The SMILES string of the molecule is CCCCCCCC/C=C\CCCCCCCCCC(=O)OCC(COC(=O)CCCCCCCCCCCCCCCCCCCCCCCCCCCCCC)OC(=O)CCCCCCCCCCCCCCCCCCCCCC. The number of unbranched alkanes of at least 4 members (excludes halogenated alkanes) is 59. The molecule has 1 atom stereocenters. The predicted octanol–water partition coefficient (Wildman–Crippen LogP) is 26.3. The summed E-state index contributed by atoms with van der Waals surface area (Å²) in [6, 6.07) is 0. The van der Waals surface area contributed by atoms with E-state index in [1.165, 1.54) is 347 Å². The monoisotopic (exact) mass is 1170 g/mol. The van der Waals surface area contributed by atoms with Gasteiger partial charge in [-0.25, -0.2) is 0 Å². The fourth-order valence-corrected chi connectivity index (χ4v) is 12.0. The van der Waals surface area contributed by atoms with Gasteiger partial charge in [-0.2, -0.15) is 0 Å². The van der Waals surface area contributed by atoms with Crippen LogP contribution in [0.1, 0.15) is 445 Å². The number of allylic oxidation sites excluding steroid dienone is 2. The van der Waals surface area contributed by atoms with E-state index in [1.807, 2.05) is 0 Å². The second kappa shape index (κ2) is 72.6. The van der Waals surface area contributed by atoms with Gasteiger partial charge in [0.25, 0.3) is 0 Å². The second-order valence-electron chi connectivity index (χ2n) is 26.3. The van der Waals surface area contributed by atoms with Gasteiger partial charge >= 0.3 is 17.9 Å². The molecule has 0 saturated heterocycles. The van der Waals surface area contributed by atoms with Crippen LogP contribution in [-0.4, -0.2) is 37.2 Å². The first-order valence-corrected chi connectivity index (χ1v) is 38.2. The van der Waals surface area contributed by atoms with E-state index in [-0.39, 0.29) is 31.1 Å². The Kier molecular flexibility index (Phi) is 71.0. The third kappa shape index (κ3) is 70.8. The molecule has 0 radical (unpaired) electrons. The highest BCUT2D eigenvalue weighted by atomic mass is 16.6. The lowest BCUT2D eigenvalue weighted by molar-refractivity contribution is -0.167. The van der Waals surface area contributed by atoms with Gasteiger partial charge in [-0.1, -0.05) is 392 Å². The van der Waals surface area contributed by atoms with Gasteiger partial charge in [0.05, 0.1) is 0 Å². The largest absolute Gasteiger partial charge is 0.462 e. The molecule has 0 aromatic heterocycles. The Bertz CT molecular complexity index is 1300. The third-order valence-corrected chi connectivity index (χ3v) is 17.8. The van der Waals surface area contributed by atoms with Gasteiger partial charge in [-0.15, -0.1) is 0 Å². The van der Waals surface area contributed by atoms with E-state index in [9.17, 15) is 14.4 Å². The number of carbonyl (C=O) groups is 3. The van der Waals surface area contributed by atoms with Crippen LogP contribution in [0.5, 0.6) is 0 Å². The van der Waals surface area contributed by atoms with Gasteiger partial charge in [0.15, 0.2) is 6.10 Å². The minimum atomic E-state index is -0.769. The molecule has 0 N–H and O–H groups in total. The highest BCUT2D eigenvalue weighted by Crippen LogP contribution is 2.20. The number of carbonyl (C=O) groups excluding carboxylic acids is 3. The number of hydrogen-bond acceptors (Lipinski definition) is 6. The summed E-state index contributed by atoms with van der Waals surface area (Å²) < 4.78 is 17.1. The zero-order valence-electron chi connectivity index (χ0n) is 56.8. The van der Waals surface area contributed by atoms with Crippen molar-refractivity contribution < 1.29 is 28.6 Å². The molecule has 0 aliphatic heterocycles. The van der Waals surface area contributed by atoms with Crippen LogP contribution in [0.4, 0.5) is 0 Å². The third-order valence-electron chi connectivity index (χ3n) is 17.8. The fourth-order valence-electron chi connectivity index (χ4n) is 12.0. The molecule has 492 valence electrons. The van der Waals surface area contributed by atoms with Crippen molar-refractivity contribution in [3.8, 4) is 0 Å². The maximum atomic E-state index is 13.0. The van der Waals surface area contributed by atoms with Crippen molar-refractivity contribution in [2.24, 2.45) is 0 Å². The molecular weight excluding hydrogens is 1020 g/mol. The summed E-state index contributed by atoms with van der Waals surface area (Å²) >= 11 is 0. The van der Waals surface area contributed by atoms with Gasteiger partial charge < -0.3 is 14.2 Å². The van der Waals surface area contributed by atoms with Crippen LogP contribution < -0.4 is 0 Å². The Balaban J connectivity index is 4.21. The van der Waals surface area contributed by atoms with Crippen LogP contribution in [0.3, 0.4) is 0 Å². The zero-order chi connectivity index (χ0) is 59.9. The summed E-state index contributed by atoms with van der Waals surface area (Å²) in [5, 5.41) is 0. The van der Waals surface area contributed by atoms with Gasteiger partial charge in [0, 0.05) is 19.3 Å². The van der Waals surface area contributed by atoms with Gasteiger partial charge in [-0.3, -0.25) is 14.4 Å². The topological polar surface area (TPSA) is 78.9 Å². The van der Waals surface area contributed by atoms with E-state index in [0.717, 1.165) is 57.8 Å². The zero-order valence-corrected chi connectivity index (χ0v) is 56.8. The fraction of sp³-hybridized carbons (Fsp3) is 0.935. The molecule has 83 heavy (non-hydrogen) atoms.